The highest BCUT2D eigenvalue weighted by molar-refractivity contribution is 7.79. The molecular weight excluding hydrogens is 1000 g/mol. The fourth-order valence-corrected chi connectivity index (χ4v) is 14.0. The largest absolute Gasteiger partial charge is 0.493 e. The molecule has 6 aliphatic rings. The molecule has 0 aliphatic carbocycles. The Morgan fingerprint density at radius 2 is 0.831 bits per heavy atom. The van der Waals surface area contributed by atoms with Crippen LogP contribution in [0.25, 0.3) is 0 Å². The van der Waals surface area contributed by atoms with Crippen molar-refractivity contribution < 1.29 is 65.2 Å². The molecule has 0 spiro atoms. The Hall–Kier alpha value is -4.51. The van der Waals surface area contributed by atoms with Gasteiger partial charge in [0.05, 0.1) is 72.0 Å². The summed E-state index contributed by atoms with van der Waals surface area (Å²) >= 11 is 5.53. The molecule has 2 aromatic carbocycles. The van der Waals surface area contributed by atoms with Gasteiger partial charge in [-0.1, -0.05) is 60.7 Å². The zero-order chi connectivity index (χ0) is 50.0. The van der Waals surface area contributed by atoms with Gasteiger partial charge in [-0.15, -0.1) is 45.3 Å². The second kappa shape index (κ2) is 23.6. The molecule has 4 bridgehead atoms. The standard InChI is InChI=1S/2C26H30NO4S2.H2O4S/c2*28-25(26(29,23-9-4-17-32-23)24-10-5-18-33-24)31-22-19-27(14-11-20(22)12-15-27)13-6-16-30-21-7-2-1-3-8-21;1-5(2,3)4/h2*1-5,7-10,17-18,20,22,29H,6,11-16,19H2;(H2,1,2,3,4)/q2*+1;. The van der Waals surface area contributed by atoms with Crippen LogP contribution in [-0.4, -0.2) is 126 Å². The molecule has 2 atom stereocenters. The van der Waals surface area contributed by atoms with Gasteiger partial charge in [-0.25, -0.2) is 9.59 Å². The van der Waals surface area contributed by atoms with Gasteiger partial charge >= 0.3 is 22.3 Å². The number of esters is 2. The van der Waals surface area contributed by atoms with Gasteiger partial charge in [-0.2, -0.15) is 8.42 Å². The number of aliphatic hydroxyl groups is 2. The molecule has 0 amide bonds. The Balaban J connectivity index is 0.000000174. The first-order valence-corrected chi connectivity index (χ1v) is 28.9. The van der Waals surface area contributed by atoms with Crippen LogP contribution in [0.1, 0.15) is 58.0 Å². The summed E-state index contributed by atoms with van der Waals surface area (Å²) in [4.78, 5) is 29.3. The summed E-state index contributed by atoms with van der Waals surface area (Å²) in [6.45, 7) is 9.59. The zero-order valence-corrected chi connectivity index (χ0v) is 43.4. The quantitative estimate of drug-likeness (QED) is 0.0278. The predicted octanol–water partition coefficient (Wildman–Crippen LogP) is 8.68. The maximum absolute atomic E-state index is 13.4. The Morgan fingerprint density at radius 3 is 1.11 bits per heavy atom. The molecule has 71 heavy (non-hydrogen) atoms. The van der Waals surface area contributed by atoms with Crippen molar-refractivity contribution in [3.63, 3.8) is 0 Å². The number of rotatable bonds is 18. The van der Waals surface area contributed by atoms with E-state index < -0.39 is 33.5 Å². The SMILES string of the molecule is O=C(OC1C[N+]2(CCCOc3ccccc3)CCC1CC2)C(O)(c1cccs1)c1cccs1.O=C(OC1C[N+]2(CCCOc3ccccc3)CCC1CC2)C(O)(c1cccs1)c1cccs1.O=S(=O)(O)O. The van der Waals surface area contributed by atoms with Crippen LogP contribution in [0.15, 0.2) is 131 Å². The molecular formula is C52H62N2O12S5+2. The minimum absolute atomic E-state index is 0.151. The fourth-order valence-electron chi connectivity index (χ4n) is 10.6. The molecule has 6 fully saturated rings. The van der Waals surface area contributed by atoms with Gasteiger partial charge in [0.25, 0.3) is 0 Å². The van der Waals surface area contributed by atoms with Gasteiger partial charge in [0, 0.05) is 50.4 Å². The molecule has 4 N–H and O–H groups in total. The Labute approximate surface area is 431 Å². The summed E-state index contributed by atoms with van der Waals surface area (Å²) in [5.74, 6) is 1.48. The van der Waals surface area contributed by atoms with Crippen LogP contribution in [0.4, 0.5) is 0 Å². The monoisotopic (exact) mass is 1070 g/mol. The lowest BCUT2D eigenvalue weighted by atomic mass is 9.83. The van der Waals surface area contributed by atoms with Crippen molar-refractivity contribution in [2.75, 3.05) is 65.6 Å². The van der Waals surface area contributed by atoms with Gasteiger partial charge < -0.3 is 38.1 Å². The Morgan fingerprint density at radius 1 is 0.521 bits per heavy atom. The number of piperidine rings is 6. The number of hydrogen-bond donors (Lipinski definition) is 4. The third kappa shape index (κ3) is 13.2. The molecule has 6 aliphatic heterocycles. The highest BCUT2D eigenvalue weighted by Gasteiger charge is 2.53. The Kier molecular flexibility index (Phi) is 17.5. The first-order valence-electron chi connectivity index (χ1n) is 24.0. The topological polar surface area (TPSA) is 186 Å². The average molecular weight is 1070 g/mol. The van der Waals surface area contributed by atoms with Crippen LogP contribution in [-0.2, 0) is 40.7 Å². The lowest BCUT2D eigenvalue weighted by molar-refractivity contribution is -0.946. The van der Waals surface area contributed by atoms with Crippen molar-refractivity contribution in [1.82, 2.24) is 0 Å². The van der Waals surface area contributed by atoms with E-state index in [4.69, 9.17) is 36.5 Å². The van der Waals surface area contributed by atoms with E-state index >= 15 is 0 Å². The second-order valence-electron chi connectivity index (χ2n) is 18.8. The van der Waals surface area contributed by atoms with E-state index in [1.54, 1.807) is 0 Å². The summed E-state index contributed by atoms with van der Waals surface area (Å²) in [6, 6.07) is 34.5. The van der Waals surface area contributed by atoms with Gasteiger partial charge in [-0.3, -0.25) is 9.11 Å². The molecule has 6 aromatic rings. The number of fused-ring (bicyclic) bond motifs is 6. The van der Waals surface area contributed by atoms with Crippen LogP contribution >= 0.6 is 45.3 Å². The number of carbonyl (C=O) groups is 2. The molecule has 0 saturated carbocycles. The summed E-state index contributed by atoms with van der Waals surface area (Å²) in [5.41, 5.74) is -3.47. The van der Waals surface area contributed by atoms with Gasteiger partial charge in [0.2, 0.25) is 11.2 Å². The van der Waals surface area contributed by atoms with E-state index in [1.807, 2.05) is 131 Å². The Bertz CT molecular complexity index is 2410. The highest BCUT2D eigenvalue weighted by Crippen LogP contribution is 2.42. The molecule has 0 radical (unpaired) electrons. The summed E-state index contributed by atoms with van der Waals surface area (Å²) < 4.78 is 57.6. The maximum Gasteiger partial charge on any atom is 0.394 e. The third-order valence-electron chi connectivity index (χ3n) is 14.3. The molecule has 4 aromatic heterocycles. The first-order chi connectivity index (χ1) is 34.2. The lowest BCUT2D eigenvalue weighted by Gasteiger charge is -2.52. The average Bonchev–Trinajstić information content (AvgIpc) is 4.25. The minimum Gasteiger partial charge on any atom is -0.493 e. The van der Waals surface area contributed by atoms with Crippen molar-refractivity contribution in [3.05, 3.63) is 150 Å². The third-order valence-corrected chi connectivity index (χ3v) is 18.2. The molecule has 12 rings (SSSR count). The van der Waals surface area contributed by atoms with Crippen LogP contribution in [0.5, 0.6) is 11.5 Å². The normalized spacial score (nSPS) is 23.6. The highest BCUT2D eigenvalue weighted by atomic mass is 32.3. The van der Waals surface area contributed by atoms with Crippen molar-refractivity contribution in [2.24, 2.45) is 11.8 Å². The minimum atomic E-state index is -4.67. The summed E-state index contributed by atoms with van der Waals surface area (Å²) in [6.07, 6.45) is 5.88. The smallest absolute Gasteiger partial charge is 0.394 e. The number of carbonyl (C=O) groups excluding carboxylic acids is 2. The number of para-hydroxylation sites is 2. The van der Waals surface area contributed by atoms with Crippen LogP contribution < -0.4 is 9.47 Å². The second-order valence-corrected chi connectivity index (χ2v) is 23.4. The molecule has 14 nitrogen and oxygen atoms in total. The molecule has 2 unspecified atom stereocenters. The number of nitrogens with zero attached hydrogens (tertiary/aromatic N) is 2. The number of hydrogen-bond acceptors (Lipinski definition) is 14. The van der Waals surface area contributed by atoms with Crippen LogP contribution in [0, 0.1) is 11.8 Å². The first kappa shape index (κ1) is 52.8. The number of thiophene rings is 4. The zero-order valence-electron chi connectivity index (χ0n) is 39.3. The summed E-state index contributed by atoms with van der Waals surface area (Å²) in [5, 5.41) is 30.7. The van der Waals surface area contributed by atoms with Crippen molar-refractivity contribution >= 4 is 67.7 Å². The fraction of sp³-hybridized carbons (Fsp3) is 0.423. The molecule has 19 heteroatoms. The summed E-state index contributed by atoms with van der Waals surface area (Å²) in [7, 11) is -4.67. The number of ether oxygens (including phenoxy) is 4. The maximum atomic E-state index is 13.4. The van der Waals surface area contributed by atoms with Crippen molar-refractivity contribution in [1.29, 1.82) is 0 Å². The molecule has 6 saturated heterocycles. The van der Waals surface area contributed by atoms with E-state index in [-0.39, 0.29) is 12.2 Å². The van der Waals surface area contributed by atoms with E-state index in [1.165, 1.54) is 45.3 Å². The van der Waals surface area contributed by atoms with Crippen LogP contribution in [0.2, 0.25) is 0 Å². The molecule has 10 heterocycles. The van der Waals surface area contributed by atoms with E-state index in [0.29, 0.717) is 44.6 Å². The number of quaternary nitrogens is 2. The van der Waals surface area contributed by atoms with Crippen LogP contribution in [0.3, 0.4) is 0 Å². The number of benzene rings is 2. The molecule has 380 valence electrons. The van der Waals surface area contributed by atoms with Gasteiger partial charge in [-0.05, 0) is 70.1 Å². The predicted molar refractivity (Wildman–Crippen MR) is 275 cm³/mol. The van der Waals surface area contributed by atoms with E-state index in [2.05, 4.69) is 0 Å². The lowest BCUT2D eigenvalue weighted by Crippen LogP contribution is -2.65. The van der Waals surface area contributed by atoms with Gasteiger partial charge in [0.1, 0.15) is 24.6 Å². The van der Waals surface area contributed by atoms with Gasteiger partial charge in [0.15, 0.2) is 12.2 Å². The van der Waals surface area contributed by atoms with Crippen molar-refractivity contribution in [2.45, 2.75) is 61.9 Å². The van der Waals surface area contributed by atoms with E-state index in [9.17, 15) is 19.8 Å². The van der Waals surface area contributed by atoms with Crippen molar-refractivity contribution in [3.8, 4) is 11.5 Å². The van der Waals surface area contributed by atoms with E-state index in [0.717, 1.165) is 111 Å².